The second-order valence-corrected chi connectivity index (χ2v) is 2.52. The molecule has 0 bridgehead atoms. The highest BCUT2D eigenvalue weighted by Crippen LogP contribution is 1.98. The Hall–Kier alpha value is -1.10. The van der Waals surface area contributed by atoms with Crippen molar-refractivity contribution in [1.82, 2.24) is 5.32 Å². The minimum absolute atomic E-state index is 0.131. The van der Waals surface area contributed by atoms with Crippen LogP contribution in [0.5, 0.6) is 0 Å². The van der Waals surface area contributed by atoms with Crippen molar-refractivity contribution < 1.29 is 19.4 Å². The summed E-state index contributed by atoms with van der Waals surface area (Å²) in [6.07, 6.45) is 0.385. The molecule has 2 N–H and O–H groups in total. The Bertz CT molecular complexity index is 181. The molecule has 1 atom stereocenters. The fraction of sp³-hybridized carbons (Fsp3) is 0.750. The number of rotatable bonds is 6. The van der Waals surface area contributed by atoms with Crippen LogP contribution in [-0.4, -0.2) is 36.7 Å². The molecule has 0 aliphatic rings. The van der Waals surface area contributed by atoms with Crippen molar-refractivity contribution in [3.63, 3.8) is 0 Å². The summed E-state index contributed by atoms with van der Waals surface area (Å²) in [4.78, 5) is 21.3. The van der Waals surface area contributed by atoms with E-state index in [0.717, 1.165) is 0 Å². The molecule has 76 valence electrons. The van der Waals surface area contributed by atoms with Crippen LogP contribution in [0.3, 0.4) is 0 Å². The number of ether oxygens (including phenoxy) is 1. The average Bonchev–Trinajstić information content (AvgIpc) is 2.05. The maximum Gasteiger partial charge on any atom is 0.320 e. The monoisotopic (exact) mass is 189 g/mol. The topological polar surface area (TPSA) is 75.6 Å². The largest absolute Gasteiger partial charge is 0.480 e. The number of carbonyl (C=O) groups excluding carboxylic acids is 1. The molecule has 0 aliphatic heterocycles. The average molecular weight is 189 g/mol. The van der Waals surface area contributed by atoms with Crippen molar-refractivity contribution in [3.8, 4) is 0 Å². The van der Waals surface area contributed by atoms with Crippen LogP contribution in [0.2, 0.25) is 0 Å². The van der Waals surface area contributed by atoms with Crippen molar-refractivity contribution in [2.75, 3.05) is 13.7 Å². The van der Waals surface area contributed by atoms with Gasteiger partial charge in [-0.3, -0.25) is 9.59 Å². The van der Waals surface area contributed by atoms with Crippen LogP contribution < -0.4 is 5.32 Å². The fourth-order valence-electron chi connectivity index (χ4n) is 0.887. The Balaban J connectivity index is 3.72. The SMILES string of the molecule is CCOC(=O)CCC(NC)C(=O)O. The van der Waals surface area contributed by atoms with E-state index in [9.17, 15) is 9.59 Å². The van der Waals surface area contributed by atoms with Gasteiger partial charge in [-0.15, -0.1) is 0 Å². The zero-order valence-corrected chi connectivity index (χ0v) is 7.87. The van der Waals surface area contributed by atoms with E-state index >= 15 is 0 Å². The lowest BCUT2D eigenvalue weighted by Gasteiger charge is -2.09. The number of nitrogens with one attached hydrogen (secondary N) is 1. The first kappa shape index (κ1) is 11.9. The van der Waals surface area contributed by atoms with Crippen LogP contribution in [0.25, 0.3) is 0 Å². The first-order valence-electron chi connectivity index (χ1n) is 4.17. The molecule has 0 aromatic carbocycles. The lowest BCUT2D eigenvalue weighted by molar-refractivity contribution is -0.144. The Morgan fingerprint density at radius 3 is 2.54 bits per heavy atom. The Kier molecular flexibility index (Phi) is 5.88. The maximum absolute atomic E-state index is 10.8. The maximum atomic E-state index is 10.8. The van der Waals surface area contributed by atoms with Gasteiger partial charge < -0.3 is 15.2 Å². The molecule has 0 aromatic rings. The molecule has 0 rings (SSSR count). The molecule has 0 heterocycles. The molecule has 0 saturated carbocycles. The zero-order chi connectivity index (χ0) is 10.3. The second-order valence-electron chi connectivity index (χ2n) is 2.52. The van der Waals surface area contributed by atoms with Gasteiger partial charge in [0.25, 0.3) is 0 Å². The number of carboxylic acid groups (broad SMARTS) is 1. The van der Waals surface area contributed by atoms with E-state index < -0.39 is 12.0 Å². The van der Waals surface area contributed by atoms with E-state index in [0.29, 0.717) is 6.61 Å². The van der Waals surface area contributed by atoms with Crippen molar-refractivity contribution in [3.05, 3.63) is 0 Å². The summed E-state index contributed by atoms with van der Waals surface area (Å²) < 4.78 is 4.66. The minimum Gasteiger partial charge on any atom is -0.480 e. The third-order valence-corrected chi connectivity index (χ3v) is 1.59. The van der Waals surface area contributed by atoms with Crippen LogP contribution >= 0.6 is 0 Å². The third kappa shape index (κ3) is 5.19. The van der Waals surface area contributed by atoms with Gasteiger partial charge in [0.05, 0.1) is 6.61 Å². The summed E-state index contributed by atoms with van der Waals surface area (Å²) in [7, 11) is 1.55. The van der Waals surface area contributed by atoms with Crippen molar-refractivity contribution in [2.24, 2.45) is 0 Å². The van der Waals surface area contributed by atoms with Crippen LogP contribution in [-0.2, 0) is 14.3 Å². The Morgan fingerprint density at radius 2 is 2.15 bits per heavy atom. The highest BCUT2D eigenvalue weighted by molar-refractivity contribution is 5.75. The molecule has 5 heteroatoms. The molecule has 0 amide bonds. The quantitative estimate of drug-likeness (QED) is 0.575. The van der Waals surface area contributed by atoms with Crippen molar-refractivity contribution >= 4 is 11.9 Å². The van der Waals surface area contributed by atoms with E-state index in [1.807, 2.05) is 0 Å². The lowest BCUT2D eigenvalue weighted by Crippen LogP contribution is -2.34. The normalized spacial score (nSPS) is 12.2. The Morgan fingerprint density at radius 1 is 1.54 bits per heavy atom. The smallest absolute Gasteiger partial charge is 0.320 e. The number of carbonyl (C=O) groups is 2. The molecule has 0 spiro atoms. The summed E-state index contributed by atoms with van der Waals surface area (Å²) >= 11 is 0. The molecule has 0 aliphatic carbocycles. The van der Waals surface area contributed by atoms with Crippen LogP contribution in [0.1, 0.15) is 19.8 Å². The number of hydrogen-bond donors (Lipinski definition) is 2. The van der Waals surface area contributed by atoms with Gasteiger partial charge in [0.2, 0.25) is 0 Å². The van der Waals surface area contributed by atoms with E-state index in [-0.39, 0.29) is 18.8 Å². The van der Waals surface area contributed by atoms with Gasteiger partial charge in [0, 0.05) is 6.42 Å². The number of carboxylic acids is 1. The Labute approximate surface area is 77.1 Å². The minimum atomic E-state index is -0.952. The molecule has 0 radical (unpaired) electrons. The van der Waals surface area contributed by atoms with E-state index in [1.165, 1.54) is 0 Å². The highest BCUT2D eigenvalue weighted by atomic mass is 16.5. The third-order valence-electron chi connectivity index (χ3n) is 1.59. The lowest BCUT2D eigenvalue weighted by atomic mass is 10.1. The van der Waals surface area contributed by atoms with Crippen molar-refractivity contribution in [2.45, 2.75) is 25.8 Å². The summed E-state index contributed by atoms with van der Waals surface area (Å²) in [5.41, 5.74) is 0. The molecule has 1 unspecified atom stereocenters. The van der Waals surface area contributed by atoms with Gasteiger partial charge in [-0.05, 0) is 20.4 Å². The van der Waals surface area contributed by atoms with E-state index in [2.05, 4.69) is 10.1 Å². The number of aliphatic carboxylic acids is 1. The standard InChI is InChI=1S/C8H15NO4/c1-3-13-7(10)5-4-6(9-2)8(11)12/h6,9H,3-5H2,1-2H3,(H,11,12). The van der Waals surface area contributed by atoms with E-state index in [4.69, 9.17) is 5.11 Å². The van der Waals surface area contributed by atoms with Gasteiger partial charge >= 0.3 is 11.9 Å². The van der Waals surface area contributed by atoms with Crippen LogP contribution in [0.4, 0.5) is 0 Å². The number of likely N-dealkylation sites (N-methyl/N-ethyl adjacent to an activating group) is 1. The molecule has 0 fully saturated rings. The molecule has 0 aromatic heterocycles. The van der Waals surface area contributed by atoms with Gasteiger partial charge in [-0.1, -0.05) is 0 Å². The predicted molar refractivity (Wildman–Crippen MR) is 46.4 cm³/mol. The molecule has 13 heavy (non-hydrogen) atoms. The number of hydrogen-bond acceptors (Lipinski definition) is 4. The summed E-state index contributed by atoms with van der Waals surface area (Å²) in [5.74, 6) is -1.31. The van der Waals surface area contributed by atoms with Gasteiger partial charge in [-0.25, -0.2) is 0 Å². The molecule has 5 nitrogen and oxygen atoms in total. The number of esters is 1. The van der Waals surface area contributed by atoms with Crippen molar-refractivity contribution in [1.29, 1.82) is 0 Å². The van der Waals surface area contributed by atoms with Crippen LogP contribution in [0.15, 0.2) is 0 Å². The van der Waals surface area contributed by atoms with Gasteiger partial charge in [0.1, 0.15) is 6.04 Å². The first-order chi connectivity index (χ1) is 6.11. The summed E-state index contributed by atoms with van der Waals surface area (Å²) in [5, 5.41) is 11.2. The van der Waals surface area contributed by atoms with Gasteiger partial charge in [0.15, 0.2) is 0 Å². The fourth-order valence-corrected chi connectivity index (χ4v) is 0.887. The van der Waals surface area contributed by atoms with E-state index in [1.54, 1.807) is 14.0 Å². The molecular weight excluding hydrogens is 174 g/mol. The predicted octanol–water partition coefficient (Wildman–Crippen LogP) is 0.00230. The molecule has 0 saturated heterocycles. The second kappa shape index (κ2) is 6.42. The van der Waals surface area contributed by atoms with Crippen LogP contribution in [0, 0.1) is 0 Å². The zero-order valence-electron chi connectivity index (χ0n) is 7.87. The molecular formula is C8H15NO4. The highest BCUT2D eigenvalue weighted by Gasteiger charge is 2.16. The van der Waals surface area contributed by atoms with Gasteiger partial charge in [-0.2, -0.15) is 0 Å². The first-order valence-corrected chi connectivity index (χ1v) is 4.17. The summed E-state index contributed by atoms with van der Waals surface area (Å²) in [6, 6.07) is -0.676. The summed E-state index contributed by atoms with van der Waals surface area (Å²) in [6.45, 7) is 2.04.